The maximum absolute atomic E-state index is 11.7. The Balaban J connectivity index is 2.08. The van der Waals surface area contributed by atoms with Crippen molar-refractivity contribution >= 4 is 29.3 Å². The zero-order valence-electron chi connectivity index (χ0n) is 9.64. The van der Waals surface area contributed by atoms with Gasteiger partial charge in [-0.1, -0.05) is 23.7 Å². The summed E-state index contributed by atoms with van der Waals surface area (Å²) in [6.45, 7) is 1.86. The number of anilines is 2. The fraction of sp³-hybridized carbons (Fsp3) is 0.0833. The number of halogens is 1. The van der Waals surface area contributed by atoms with Gasteiger partial charge in [0.2, 0.25) is 5.95 Å². The lowest BCUT2D eigenvalue weighted by Gasteiger charge is -2.10. The quantitative estimate of drug-likeness (QED) is 0.874. The van der Waals surface area contributed by atoms with E-state index in [9.17, 15) is 4.79 Å². The minimum atomic E-state index is -0.433. The van der Waals surface area contributed by atoms with Gasteiger partial charge in [0.25, 0.3) is 0 Å². The SMILES string of the molecule is Cc1cccc(Cl)c1NC(=O)Nc1ncccn1. The number of amides is 2. The first-order chi connectivity index (χ1) is 8.66. The van der Waals surface area contributed by atoms with Crippen LogP contribution < -0.4 is 10.6 Å². The van der Waals surface area contributed by atoms with Crippen molar-refractivity contribution in [1.29, 1.82) is 0 Å². The summed E-state index contributed by atoms with van der Waals surface area (Å²) in [5.74, 6) is 0.236. The minimum absolute atomic E-state index is 0.236. The van der Waals surface area contributed by atoms with Gasteiger partial charge in [-0.25, -0.2) is 14.8 Å². The molecule has 2 aromatic rings. The largest absolute Gasteiger partial charge is 0.326 e. The zero-order chi connectivity index (χ0) is 13.0. The van der Waals surface area contributed by atoms with Gasteiger partial charge < -0.3 is 5.32 Å². The first-order valence-electron chi connectivity index (χ1n) is 5.27. The standard InChI is InChI=1S/C12H11ClN4O/c1-8-4-2-5-9(13)10(8)16-12(18)17-11-14-6-3-7-15-11/h2-7H,1H3,(H2,14,15,16,17,18). The summed E-state index contributed by atoms with van der Waals surface area (Å²) in [7, 11) is 0. The van der Waals surface area contributed by atoms with Crippen molar-refractivity contribution in [2.75, 3.05) is 10.6 Å². The van der Waals surface area contributed by atoms with E-state index in [1.165, 1.54) is 0 Å². The molecule has 1 aromatic carbocycles. The molecule has 0 aliphatic rings. The molecular weight excluding hydrogens is 252 g/mol. The highest BCUT2D eigenvalue weighted by Crippen LogP contribution is 2.25. The zero-order valence-corrected chi connectivity index (χ0v) is 10.4. The van der Waals surface area contributed by atoms with Crippen LogP contribution in [-0.4, -0.2) is 16.0 Å². The van der Waals surface area contributed by atoms with Crippen molar-refractivity contribution in [3.8, 4) is 0 Å². The topological polar surface area (TPSA) is 66.9 Å². The highest BCUT2D eigenvalue weighted by atomic mass is 35.5. The predicted molar refractivity (Wildman–Crippen MR) is 70.9 cm³/mol. The van der Waals surface area contributed by atoms with E-state index >= 15 is 0 Å². The van der Waals surface area contributed by atoms with Gasteiger partial charge in [0.05, 0.1) is 10.7 Å². The van der Waals surface area contributed by atoms with Crippen LogP contribution in [0.1, 0.15) is 5.56 Å². The molecule has 0 radical (unpaired) electrons. The number of benzene rings is 1. The Hall–Kier alpha value is -2.14. The van der Waals surface area contributed by atoms with Crippen LogP contribution in [-0.2, 0) is 0 Å². The normalized spacial score (nSPS) is 9.89. The maximum atomic E-state index is 11.7. The van der Waals surface area contributed by atoms with Gasteiger partial charge in [-0.15, -0.1) is 0 Å². The molecule has 0 spiro atoms. The van der Waals surface area contributed by atoms with E-state index in [0.29, 0.717) is 10.7 Å². The molecule has 0 saturated heterocycles. The smallest absolute Gasteiger partial charge is 0.306 e. The van der Waals surface area contributed by atoms with E-state index in [0.717, 1.165) is 5.56 Å². The molecule has 0 saturated carbocycles. The van der Waals surface area contributed by atoms with Crippen molar-refractivity contribution < 1.29 is 4.79 Å². The van der Waals surface area contributed by atoms with Crippen molar-refractivity contribution in [1.82, 2.24) is 9.97 Å². The molecule has 0 bridgehead atoms. The van der Waals surface area contributed by atoms with Crippen LogP contribution in [0, 0.1) is 6.92 Å². The number of aromatic nitrogens is 2. The third-order valence-corrected chi connectivity index (χ3v) is 2.57. The van der Waals surface area contributed by atoms with Crippen LogP contribution in [0.25, 0.3) is 0 Å². The van der Waals surface area contributed by atoms with Crippen LogP contribution in [0.2, 0.25) is 5.02 Å². The van der Waals surface area contributed by atoms with Gasteiger partial charge in [-0.3, -0.25) is 5.32 Å². The van der Waals surface area contributed by atoms with Crippen LogP contribution in [0.4, 0.5) is 16.4 Å². The summed E-state index contributed by atoms with van der Waals surface area (Å²) < 4.78 is 0. The van der Waals surface area contributed by atoms with E-state index in [-0.39, 0.29) is 5.95 Å². The third kappa shape index (κ3) is 2.95. The molecule has 0 aliphatic carbocycles. The summed E-state index contributed by atoms with van der Waals surface area (Å²) in [6, 6.07) is 6.63. The monoisotopic (exact) mass is 262 g/mol. The number of carbonyl (C=O) groups excluding carboxylic acids is 1. The summed E-state index contributed by atoms with van der Waals surface area (Å²) in [6.07, 6.45) is 3.09. The van der Waals surface area contributed by atoms with E-state index in [1.54, 1.807) is 24.5 Å². The van der Waals surface area contributed by atoms with Gasteiger partial charge in [-0.05, 0) is 24.6 Å². The summed E-state index contributed by atoms with van der Waals surface area (Å²) >= 11 is 6.00. The number of para-hydroxylation sites is 1. The Morgan fingerprint density at radius 3 is 2.56 bits per heavy atom. The molecule has 18 heavy (non-hydrogen) atoms. The van der Waals surface area contributed by atoms with Gasteiger partial charge in [0.1, 0.15) is 0 Å². The van der Waals surface area contributed by atoms with Gasteiger partial charge in [-0.2, -0.15) is 0 Å². The van der Waals surface area contributed by atoms with Crippen LogP contribution in [0.3, 0.4) is 0 Å². The van der Waals surface area contributed by atoms with E-state index in [2.05, 4.69) is 20.6 Å². The second kappa shape index (κ2) is 5.46. The maximum Gasteiger partial charge on any atom is 0.326 e. The second-order valence-electron chi connectivity index (χ2n) is 3.58. The summed E-state index contributed by atoms with van der Waals surface area (Å²) in [5, 5.41) is 5.66. The average molecular weight is 263 g/mol. The number of rotatable bonds is 2. The van der Waals surface area contributed by atoms with E-state index in [1.807, 2.05) is 19.1 Å². The van der Waals surface area contributed by atoms with Gasteiger partial charge >= 0.3 is 6.03 Å². The number of hydrogen-bond donors (Lipinski definition) is 2. The molecule has 6 heteroatoms. The molecule has 92 valence electrons. The molecule has 5 nitrogen and oxygen atoms in total. The Morgan fingerprint density at radius 2 is 1.89 bits per heavy atom. The van der Waals surface area contributed by atoms with Crippen molar-refractivity contribution in [3.63, 3.8) is 0 Å². The average Bonchev–Trinajstić information content (AvgIpc) is 2.35. The Bertz CT molecular complexity index is 539. The number of hydrogen-bond acceptors (Lipinski definition) is 3. The molecule has 0 unspecified atom stereocenters. The number of aryl methyl sites for hydroxylation is 1. The van der Waals surface area contributed by atoms with Gasteiger partial charge in [0, 0.05) is 12.4 Å². The number of nitrogens with one attached hydrogen (secondary N) is 2. The highest BCUT2D eigenvalue weighted by molar-refractivity contribution is 6.34. The molecule has 2 amide bonds. The molecule has 0 atom stereocenters. The molecule has 2 rings (SSSR count). The van der Waals surface area contributed by atoms with Gasteiger partial charge in [0.15, 0.2) is 0 Å². The van der Waals surface area contributed by atoms with E-state index in [4.69, 9.17) is 11.6 Å². The summed E-state index contributed by atoms with van der Waals surface area (Å²) in [5.41, 5.74) is 1.46. The lowest BCUT2D eigenvalue weighted by Crippen LogP contribution is -2.21. The van der Waals surface area contributed by atoms with E-state index < -0.39 is 6.03 Å². The Kier molecular flexibility index (Phi) is 3.74. The predicted octanol–water partition coefficient (Wildman–Crippen LogP) is 3.08. The number of nitrogens with zero attached hydrogens (tertiary/aromatic N) is 2. The first-order valence-corrected chi connectivity index (χ1v) is 5.65. The Labute approximate surface area is 109 Å². The lowest BCUT2D eigenvalue weighted by atomic mass is 10.2. The fourth-order valence-electron chi connectivity index (χ4n) is 1.40. The number of carbonyl (C=O) groups is 1. The second-order valence-corrected chi connectivity index (χ2v) is 3.99. The van der Waals surface area contributed by atoms with Crippen LogP contribution >= 0.6 is 11.6 Å². The van der Waals surface area contributed by atoms with Crippen LogP contribution in [0.5, 0.6) is 0 Å². The number of urea groups is 1. The molecule has 1 heterocycles. The summed E-state index contributed by atoms with van der Waals surface area (Å²) in [4.78, 5) is 19.5. The third-order valence-electron chi connectivity index (χ3n) is 2.25. The molecular formula is C12H11ClN4O. The lowest BCUT2D eigenvalue weighted by molar-refractivity contribution is 0.262. The molecule has 1 aromatic heterocycles. The highest BCUT2D eigenvalue weighted by Gasteiger charge is 2.08. The van der Waals surface area contributed by atoms with Crippen molar-refractivity contribution in [2.24, 2.45) is 0 Å². The van der Waals surface area contributed by atoms with Crippen molar-refractivity contribution in [2.45, 2.75) is 6.92 Å². The molecule has 2 N–H and O–H groups in total. The first kappa shape index (κ1) is 12.3. The van der Waals surface area contributed by atoms with Crippen molar-refractivity contribution in [3.05, 3.63) is 47.2 Å². The fourth-order valence-corrected chi connectivity index (χ4v) is 1.67. The van der Waals surface area contributed by atoms with Crippen LogP contribution in [0.15, 0.2) is 36.7 Å². The molecule has 0 aliphatic heterocycles. The minimum Gasteiger partial charge on any atom is -0.306 e. The molecule has 0 fully saturated rings. The Morgan fingerprint density at radius 1 is 1.17 bits per heavy atom.